The summed E-state index contributed by atoms with van der Waals surface area (Å²) >= 11 is 1.54. The average molecular weight is 344 g/mol. The molecule has 2 aliphatic rings. The predicted octanol–water partition coefficient (Wildman–Crippen LogP) is 3.77. The molecule has 6 nitrogen and oxygen atoms in total. The third kappa shape index (κ3) is 3.28. The molecule has 24 heavy (non-hydrogen) atoms. The predicted molar refractivity (Wildman–Crippen MR) is 95.6 cm³/mol. The monoisotopic (exact) mass is 344 g/mol. The van der Waals surface area contributed by atoms with Crippen LogP contribution in [0.2, 0.25) is 0 Å². The van der Waals surface area contributed by atoms with Crippen molar-refractivity contribution < 1.29 is 0 Å². The molecule has 1 saturated carbocycles. The van der Waals surface area contributed by atoms with Crippen LogP contribution < -0.4 is 5.32 Å². The van der Waals surface area contributed by atoms with Crippen molar-refractivity contribution in [3.63, 3.8) is 0 Å². The largest absolute Gasteiger partial charge is 0.315 e. The van der Waals surface area contributed by atoms with Crippen LogP contribution in [0.25, 0.3) is 0 Å². The number of hydrogen-bond acceptors (Lipinski definition) is 7. The average Bonchev–Trinajstić information content (AvgIpc) is 3.27. The van der Waals surface area contributed by atoms with Gasteiger partial charge in [-0.2, -0.15) is 0 Å². The molecule has 1 saturated heterocycles. The van der Waals surface area contributed by atoms with Gasteiger partial charge in [-0.25, -0.2) is 9.97 Å². The molecule has 0 unspecified atom stereocenters. The summed E-state index contributed by atoms with van der Waals surface area (Å²) in [5.74, 6) is 1.64. The number of likely N-dealkylation sites (tertiary alicyclic amines) is 1. The summed E-state index contributed by atoms with van der Waals surface area (Å²) in [5.41, 5.74) is 1.15. The molecule has 2 aromatic rings. The molecule has 4 rings (SSSR count). The van der Waals surface area contributed by atoms with Crippen LogP contribution in [0.15, 0.2) is 6.07 Å². The first kappa shape index (κ1) is 15.9. The lowest BCUT2D eigenvalue weighted by Crippen LogP contribution is -2.33. The summed E-state index contributed by atoms with van der Waals surface area (Å²) < 4.78 is 0. The fraction of sp³-hybridized carbons (Fsp3) is 0.647. The van der Waals surface area contributed by atoms with Crippen LogP contribution in [-0.2, 0) is 0 Å². The van der Waals surface area contributed by atoms with E-state index in [2.05, 4.69) is 31.5 Å². The number of anilines is 2. The van der Waals surface area contributed by atoms with Crippen molar-refractivity contribution in [1.29, 1.82) is 0 Å². The first-order valence-electron chi connectivity index (χ1n) is 8.87. The van der Waals surface area contributed by atoms with E-state index in [0.29, 0.717) is 6.04 Å². The van der Waals surface area contributed by atoms with E-state index in [4.69, 9.17) is 4.98 Å². The van der Waals surface area contributed by atoms with Crippen molar-refractivity contribution >= 4 is 22.3 Å². The van der Waals surface area contributed by atoms with Crippen LogP contribution in [0, 0.1) is 13.8 Å². The Morgan fingerprint density at radius 2 is 1.92 bits per heavy atom. The van der Waals surface area contributed by atoms with Gasteiger partial charge >= 0.3 is 0 Å². The maximum Gasteiger partial charge on any atom is 0.211 e. The Kier molecular flexibility index (Phi) is 4.45. The van der Waals surface area contributed by atoms with Gasteiger partial charge in [-0.3, -0.25) is 4.90 Å². The Labute approximate surface area is 146 Å². The molecule has 7 heteroatoms. The topological polar surface area (TPSA) is 66.8 Å². The minimum absolute atomic E-state index is 0.437. The summed E-state index contributed by atoms with van der Waals surface area (Å²) in [6.45, 7) is 5.13. The lowest BCUT2D eigenvalue weighted by molar-refractivity contribution is 0.179. The molecule has 2 aromatic heterocycles. The number of nitrogens with one attached hydrogen (secondary N) is 1. The third-order valence-electron chi connectivity index (χ3n) is 5.05. The number of aryl methyl sites for hydroxylation is 2. The van der Waals surface area contributed by atoms with Crippen LogP contribution in [-0.4, -0.2) is 37.7 Å². The van der Waals surface area contributed by atoms with Crippen LogP contribution in [0.3, 0.4) is 0 Å². The summed E-state index contributed by atoms with van der Waals surface area (Å²) in [6.07, 6.45) is 7.90. The van der Waals surface area contributed by atoms with Crippen molar-refractivity contribution in [2.75, 3.05) is 11.9 Å². The SMILES string of the molecule is Cc1nc(Nc2nnc(C)s2)cc([C@H]2CCCN2C2CCCC2)n1. The van der Waals surface area contributed by atoms with E-state index in [1.807, 2.05) is 13.8 Å². The van der Waals surface area contributed by atoms with Crippen LogP contribution in [0.5, 0.6) is 0 Å². The van der Waals surface area contributed by atoms with Crippen LogP contribution in [0.1, 0.15) is 61.1 Å². The zero-order valence-electron chi connectivity index (χ0n) is 14.3. The number of rotatable bonds is 4. The maximum absolute atomic E-state index is 4.76. The molecular formula is C17H24N6S. The zero-order chi connectivity index (χ0) is 16.5. The molecule has 1 aliphatic carbocycles. The Morgan fingerprint density at radius 3 is 2.67 bits per heavy atom. The number of aromatic nitrogens is 4. The van der Waals surface area contributed by atoms with Crippen LogP contribution >= 0.6 is 11.3 Å². The van der Waals surface area contributed by atoms with Gasteiger partial charge in [-0.15, -0.1) is 10.2 Å². The normalized spacial score (nSPS) is 22.3. The van der Waals surface area contributed by atoms with E-state index in [-0.39, 0.29) is 0 Å². The van der Waals surface area contributed by atoms with E-state index < -0.39 is 0 Å². The van der Waals surface area contributed by atoms with Crippen molar-refractivity contribution in [3.05, 3.63) is 22.6 Å². The fourth-order valence-electron chi connectivity index (χ4n) is 4.06. The van der Waals surface area contributed by atoms with Gasteiger partial charge < -0.3 is 5.32 Å². The highest BCUT2D eigenvalue weighted by molar-refractivity contribution is 7.15. The van der Waals surface area contributed by atoms with Crippen molar-refractivity contribution in [1.82, 2.24) is 25.1 Å². The van der Waals surface area contributed by atoms with E-state index >= 15 is 0 Å². The fourth-order valence-corrected chi connectivity index (χ4v) is 4.66. The van der Waals surface area contributed by atoms with Gasteiger partial charge in [-0.1, -0.05) is 24.2 Å². The minimum Gasteiger partial charge on any atom is -0.315 e. The summed E-state index contributed by atoms with van der Waals surface area (Å²) in [4.78, 5) is 12.0. The highest BCUT2D eigenvalue weighted by Crippen LogP contribution is 2.38. The minimum atomic E-state index is 0.437. The highest BCUT2D eigenvalue weighted by Gasteiger charge is 2.34. The summed E-state index contributed by atoms with van der Waals surface area (Å²) in [6, 6.07) is 3.28. The van der Waals surface area contributed by atoms with Crippen molar-refractivity contribution in [2.24, 2.45) is 0 Å². The molecule has 0 bridgehead atoms. The molecule has 1 N–H and O–H groups in total. The Hall–Kier alpha value is -1.60. The van der Waals surface area contributed by atoms with Gasteiger partial charge in [0.25, 0.3) is 0 Å². The smallest absolute Gasteiger partial charge is 0.211 e. The van der Waals surface area contributed by atoms with Gasteiger partial charge in [0, 0.05) is 12.1 Å². The molecular weight excluding hydrogens is 320 g/mol. The second-order valence-electron chi connectivity index (χ2n) is 6.81. The van der Waals surface area contributed by atoms with Gasteiger partial charge in [0.05, 0.1) is 11.7 Å². The first-order valence-corrected chi connectivity index (χ1v) is 9.69. The quantitative estimate of drug-likeness (QED) is 0.911. The Bertz CT molecular complexity index is 709. The Morgan fingerprint density at radius 1 is 1.08 bits per heavy atom. The second-order valence-corrected chi connectivity index (χ2v) is 7.99. The molecule has 128 valence electrons. The lowest BCUT2D eigenvalue weighted by atomic mass is 10.1. The molecule has 0 amide bonds. The third-order valence-corrected chi connectivity index (χ3v) is 5.80. The van der Waals surface area contributed by atoms with Crippen molar-refractivity contribution in [2.45, 2.75) is 64.5 Å². The van der Waals surface area contributed by atoms with Gasteiger partial charge in [0.15, 0.2) is 0 Å². The second kappa shape index (κ2) is 6.72. The molecule has 0 radical (unpaired) electrons. The number of hydrogen-bond donors (Lipinski definition) is 1. The standard InChI is InChI=1S/C17H24N6S/c1-11-18-14(10-16(19-11)20-17-22-21-12(2)24-17)15-8-5-9-23(15)13-6-3-4-7-13/h10,13,15H,3-9H2,1-2H3,(H,18,19,20,22)/t15-/m1/s1. The highest BCUT2D eigenvalue weighted by atomic mass is 32.1. The number of nitrogens with zero attached hydrogens (tertiary/aromatic N) is 5. The van der Waals surface area contributed by atoms with Crippen molar-refractivity contribution in [3.8, 4) is 0 Å². The van der Waals surface area contributed by atoms with Gasteiger partial charge in [-0.05, 0) is 46.1 Å². The summed E-state index contributed by atoms with van der Waals surface area (Å²) in [7, 11) is 0. The van der Waals surface area contributed by atoms with E-state index in [9.17, 15) is 0 Å². The molecule has 0 spiro atoms. The lowest BCUT2D eigenvalue weighted by Gasteiger charge is -2.30. The van der Waals surface area contributed by atoms with Gasteiger partial charge in [0.2, 0.25) is 5.13 Å². The van der Waals surface area contributed by atoms with E-state index in [0.717, 1.165) is 33.5 Å². The van der Waals surface area contributed by atoms with Crippen LogP contribution in [0.4, 0.5) is 10.9 Å². The van der Waals surface area contributed by atoms with E-state index in [1.54, 1.807) is 11.3 Å². The molecule has 0 aromatic carbocycles. The Balaban J connectivity index is 1.58. The molecule has 1 atom stereocenters. The summed E-state index contributed by atoms with van der Waals surface area (Å²) in [5, 5.41) is 13.2. The molecule has 1 aliphatic heterocycles. The van der Waals surface area contributed by atoms with E-state index in [1.165, 1.54) is 45.1 Å². The van der Waals surface area contributed by atoms with Gasteiger partial charge in [0.1, 0.15) is 16.6 Å². The molecule has 2 fully saturated rings. The maximum atomic E-state index is 4.76. The first-order chi connectivity index (χ1) is 11.7. The zero-order valence-corrected chi connectivity index (χ0v) is 15.1. The molecule has 3 heterocycles.